The Morgan fingerprint density at radius 1 is 0.291 bits per heavy atom. The van der Waals surface area contributed by atoms with Crippen molar-refractivity contribution in [1.29, 1.82) is 0 Å². The fourth-order valence-corrected chi connectivity index (χ4v) is 8.35. The molecule has 6 heteroatoms. The second-order valence-electron chi connectivity index (χ2n) is 13.9. The summed E-state index contributed by atoms with van der Waals surface area (Å²) in [5, 5.41) is 8.05. The molecule has 0 aliphatic carbocycles. The fourth-order valence-electron chi connectivity index (χ4n) is 8.35. The van der Waals surface area contributed by atoms with Crippen LogP contribution in [0.15, 0.2) is 177 Å². The van der Waals surface area contributed by atoms with Gasteiger partial charge in [0.2, 0.25) is 0 Å². The molecule has 4 heterocycles. The number of rotatable bonds is 4. The lowest BCUT2D eigenvalue weighted by atomic mass is 9.94. The Morgan fingerprint density at radius 3 is 1.25 bits per heavy atom. The van der Waals surface area contributed by atoms with E-state index in [1.807, 2.05) is 78.9 Å². The lowest BCUT2D eigenvalue weighted by Crippen LogP contribution is -2.01. The summed E-state index contributed by atoms with van der Waals surface area (Å²) in [5.74, 6) is 1.63. The van der Waals surface area contributed by atoms with Crippen LogP contribution in [0.4, 0.5) is 0 Å². The maximum absolute atomic E-state index is 6.74. The first-order valence-corrected chi connectivity index (χ1v) is 18.3. The molecule has 12 rings (SSSR count). The van der Waals surface area contributed by atoms with Crippen LogP contribution in [0.5, 0.6) is 0 Å². The van der Waals surface area contributed by atoms with Gasteiger partial charge in [-0.05, 0) is 52.9 Å². The van der Waals surface area contributed by atoms with Gasteiger partial charge in [0.05, 0.1) is 0 Å². The number of fused-ring (bicyclic) bond motifs is 11. The lowest BCUT2D eigenvalue weighted by Gasteiger charge is -2.11. The van der Waals surface area contributed by atoms with E-state index in [2.05, 4.69) is 84.9 Å². The summed E-state index contributed by atoms with van der Waals surface area (Å²) in [7, 11) is 0. The Bertz CT molecular complexity index is 3370. The second kappa shape index (κ2) is 11.5. The van der Waals surface area contributed by atoms with Crippen LogP contribution in [0.2, 0.25) is 0 Å². The molecule has 0 bridgehead atoms. The summed E-state index contributed by atoms with van der Waals surface area (Å²) in [6.07, 6.45) is 0. The second-order valence-corrected chi connectivity index (χ2v) is 13.9. The molecule has 0 radical (unpaired) electrons. The van der Waals surface area contributed by atoms with Crippen molar-refractivity contribution >= 4 is 76.6 Å². The van der Waals surface area contributed by atoms with Crippen molar-refractivity contribution in [1.82, 2.24) is 15.0 Å². The molecular weight excluding hydrogens is 679 g/mol. The van der Waals surface area contributed by atoms with Gasteiger partial charge in [0, 0.05) is 54.4 Å². The minimum atomic E-state index is 0.539. The summed E-state index contributed by atoms with van der Waals surface area (Å²) < 4.78 is 19.4. The molecule has 55 heavy (non-hydrogen) atoms. The molecule has 0 saturated carbocycles. The number of aromatic nitrogens is 3. The van der Waals surface area contributed by atoms with Gasteiger partial charge in [-0.1, -0.05) is 127 Å². The van der Waals surface area contributed by atoms with Crippen LogP contribution in [0.1, 0.15) is 0 Å². The quantitative estimate of drug-likeness (QED) is 0.181. The number of benzene rings is 8. The molecule has 0 unspecified atom stereocenters. The van der Waals surface area contributed by atoms with E-state index >= 15 is 0 Å². The van der Waals surface area contributed by atoms with Gasteiger partial charge < -0.3 is 13.3 Å². The highest BCUT2D eigenvalue weighted by Crippen LogP contribution is 2.44. The molecule has 0 spiro atoms. The Kier molecular flexibility index (Phi) is 6.24. The topological polar surface area (TPSA) is 78.1 Å². The molecule has 256 valence electrons. The van der Waals surface area contributed by atoms with Crippen molar-refractivity contribution in [2.75, 3.05) is 0 Å². The van der Waals surface area contributed by atoms with E-state index in [4.69, 9.17) is 28.2 Å². The normalized spacial score (nSPS) is 12.0. The highest BCUT2D eigenvalue weighted by atomic mass is 16.3. The first kappa shape index (κ1) is 29.9. The summed E-state index contributed by atoms with van der Waals surface area (Å²) in [6.45, 7) is 0. The van der Waals surface area contributed by atoms with E-state index in [1.165, 1.54) is 0 Å². The molecular formula is C49H27N3O3. The fraction of sp³-hybridized carbons (Fsp3) is 0. The van der Waals surface area contributed by atoms with E-state index in [-0.39, 0.29) is 0 Å². The van der Waals surface area contributed by atoms with Gasteiger partial charge in [-0.3, -0.25) is 0 Å². The van der Waals surface area contributed by atoms with Crippen molar-refractivity contribution in [3.05, 3.63) is 164 Å². The van der Waals surface area contributed by atoms with Gasteiger partial charge in [-0.25, -0.2) is 15.0 Å². The van der Waals surface area contributed by atoms with Crippen LogP contribution < -0.4 is 0 Å². The van der Waals surface area contributed by atoms with E-state index in [0.717, 1.165) is 104 Å². The minimum absolute atomic E-state index is 0.539. The molecule has 0 aliphatic rings. The Labute approximate surface area is 312 Å². The predicted molar refractivity (Wildman–Crippen MR) is 221 cm³/mol. The first-order chi connectivity index (χ1) is 27.3. The van der Waals surface area contributed by atoms with Gasteiger partial charge in [0.15, 0.2) is 17.5 Å². The zero-order chi connectivity index (χ0) is 36.0. The van der Waals surface area contributed by atoms with Crippen molar-refractivity contribution in [3.8, 4) is 45.3 Å². The van der Waals surface area contributed by atoms with Crippen molar-refractivity contribution < 1.29 is 13.3 Å². The van der Waals surface area contributed by atoms with Crippen molar-refractivity contribution in [2.45, 2.75) is 0 Å². The molecule has 0 amide bonds. The number of hydrogen-bond donors (Lipinski definition) is 0. The van der Waals surface area contributed by atoms with Crippen LogP contribution in [0, 0.1) is 0 Å². The molecule has 6 nitrogen and oxygen atoms in total. The van der Waals surface area contributed by atoms with Crippen LogP contribution in [0.25, 0.3) is 122 Å². The molecule has 8 aromatic carbocycles. The summed E-state index contributed by atoms with van der Waals surface area (Å²) >= 11 is 0. The highest BCUT2D eigenvalue weighted by molar-refractivity contribution is 6.22. The minimum Gasteiger partial charge on any atom is -0.456 e. The van der Waals surface area contributed by atoms with E-state index in [1.54, 1.807) is 0 Å². The Balaban J connectivity index is 1.19. The number of furan rings is 3. The largest absolute Gasteiger partial charge is 0.456 e. The molecule has 4 aromatic heterocycles. The molecule has 0 atom stereocenters. The van der Waals surface area contributed by atoms with E-state index in [0.29, 0.717) is 17.5 Å². The zero-order valence-electron chi connectivity index (χ0n) is 29.2. The number of nitrogens with zero attached hydrogens (tertiary/aromatic N) is 3. The third-order valence-corrected chi connectivity index (χ3v) is 10.8. The summed E-state index contributed by atoms with van der Waals surface area (Å²) in [5.41, 5.74) is 9.60. The molecule has 0 N–H and O–H groups in total. The van der Waals surface area contributed by atoms with Gasteiger partial charge in [-0.2, -0.15) is 0 Å². The van der Waals surface area contributed by atoms with Gasteiger partial charge in [0.25, 0.3) is 0 Å². The highest BCUT2D eigenvalue weighted by Gasteiger charge is 2.23. The third kappa shape index (κ3) is 4.46. The van der Waals surface area contributed by atoms with Gasteiger partial charge >= 0.3 is 0 Å². The van der Waals surface area contributed by atoms with Gasteiger partial charge in [0.1, 0.15) is 33.5 Å². The zero-order valence-corrected chi connectivity index (χ0v) is 29.2. The third-order valence-electron chi connectivity index (χ3n) is 10.8. The van der Waals surface area contributed by atoms with E-state index in [9.17, 15) is 0 Å². The average Bonchev–Trinajstić information content (AvgIpc) is 3.95. The van der Waals surface area contributed by atoms with Crippen LogP contribution in [-0.4, -0.2) is 15.0 Å². The van der Waals surface area contributed by atoms with E-state index < -0.39 is 0 Å². The molecule has 0 saturated heterocycles. The smallest absolute Gasteiger partial charge is 0.164 e. The summed E-state index contributed by atoms with van der Waals surface area (Å²) in [6, 6.07) is 55.6. The monoisotopic (exact) mass is 705 g/mol. The average molecular weight is 706 g/mol. The van der Waals surface area contributed by atoms with Crippen molar-refractivity contribution in [2.24, 2.45) is 0 Å². The Hall–Kier alpha value is -7.57. The maximum atomic E-state index is 6.74. The number of para-hydroxylation sites is 2. The van der Waals surface area contributed by atoms with Gasteiger partial charge in [-0.15, -0.1) is 0 Å². The SMILES string of the molecule is c1ccc(-c2cc3c(oc4cccc(-c5nc(-c6cccc7oc8ccccc8c67)nc(-c6cccc7oc8ccccc8c67)n5)c43)c3ccccc23)cc1. The molecule has 12 aromatic rings. The Morgan fingerprint density at radius 2 is 0.709 bits per heavy atom. The van der Waals surface area contributed by atoms with Crippen LogP contribution >= 0.6 is 0 Å². The van der Waals surface area contributed by atoms with Crippen molar-refractivity contribution in [3.63, 3.8) is 0 Å². The summed E-state index contributed by atoms with van der Waals surface area (Å²) in [4.78, 5) is 15.9. The standard InChI is InChI=1S/C49H27N3O3/c1-2-13-28(14-3-1)36-27-37-45-35(21-12-26-42(45)55-46(37)30-16-5-4-15-29(30)36)49-51-47(33-19-10-24-40-43(33)31-17-6-8-22-38(31)53-40)50-48(52-49)34-20-11-25-41-44(34)32-18-7-9-23-39(32)54-41/h1-27H. The molecule has 0 aliphatic heterocycles. The number of hydrogen-bond acceptors (Lipinski definition) is 6. The molecule has 0 fully saturated rings. The lowest BCUT2D eigenvalue weighted by molar-refractivity contribution is 0.668. The van der Waals surface area contributed by atoms with Crippen LogP contribution in [-0.2, 0) is 0 Å². The first-order valence-electron chi connectivity index (χ1n) is 18.3. The maximum Gasteiger partial charge on any atom is 0.164 e. The van der Waals surface area contributed by atoms with Crippen LogP contribution in [0.3, 0.4) is 0 Å². The predicted octanol–water partition coefficient (Wildman–Crippen LogP) is 13.4.